The number of aliphatic carboxylic acids is 1. The zero-order chi connectivity index (χ0) is 21.3. The van der Waals surface area contributed by atoms with Gasteiger partial charge < -0.3 is 19.9 Å². The molecule has 0 saturated heterocycles. The van der Waals surface area contributed by atoms with Crippen LogP contribution in [-0.2, 0) is 4.79 Å². The van der Waals surface area contributed by atoms with Crippen molar-refractivity contribution in [1.29, 1.82) is 0 Å². The minimum atomic E-state index is -0.746. The first-order valence-electron chi connectivity index (χ1n) is 10.9. The lowest BCUT2D eigenvalue weighted by molar-refractivity contribution is -0.137. The number of ether oxygens (including phenoxy) is 2. The van der Waals surface area contributed by atoms with E-state index in [0.717, 1.165) is 19.3 Å². The summed E-state index contributed by atoms with van der Waals surface area (Å²) in [6.07, 6.45) is 9.13. The van der Waals surface area contributed by atoms with Gasteiger partial charge in [-0.3, -0.25) is 9.59 Å². The zero-order valence-electron chi connectivity index (χ0n) is 17.7. The van der Waals surface area contributed by atoms with Gasteiger partial charge in [0.15, 0.2) is 11.5 Å². The number of fused-ring (bicyclic) bond motifs is 3. The molecule has 1 aromatic rings. The van der Waals surface area contributed by atoms with E-state index in [1.54, 1.807) is 18.2 Å². The molecule has 1 heterocycles. The van der Waals surface area contributed by atoms with Crippen molar-refractivity contribution in [2.24, 2.45) is 23.2 Å². The summed E-state index contributed by atoms with van der Waals surface area (Å²) in [5.74, 6) is 2.11. The summed E-state index contributed by atoms with van der Waals surface area (Å²) < 4.78 is 10.8. The number of carboxylic acids is 1. The maximum Gasteiger partial charge on any atom is 0.303 e. The van der Waals surface area contributed by atoms with Gasteiger partial charge in [-0.05, 0) is 73.5 Å². The van der Waals surface area contributed by atoms with Gasteiger partial charge in [0.05, 0.1) is 0 Å². The molecule has 5 rings (SSSR count). The summed E-state index contributed by atoms with van der Waals surface area (Å²) >= 11 is 0. The van der Waals surface area contributed by atoms with Crippen molar-refractivity contribution in [3.05, 3.63) is 35.9 Å². The highest BCUT2D eigenvalue weighted by atomic mass is 16.7. The van der Waals surface area contributed by atoms with E-state index in [9.17, 15) is 9.59 Å². The molecule has 6 heteroatoms. The van der Waals surface area contributed by atoms with E-state index in [4.69, 9.17) is 14.6 Å². The molecule has 1 aromatic carbocycles. The van der Waals surface area contributed by atoms with Crippen molar-refractivity contribution < 1.29 is 24.2 Å². The predicted octanol–water partition coefficient (Wildman–Crippen LogP) is 4.40. The summed E-state index contributed by atoms with van der Waals surface area (Å²) in [6, 6.07) is 5.48. The lowest BCUT2D eigenvalue weighted by atomic mass is 9.44. The molecule has 3 aliphatic carbocycles. The van der Waals surface area contributed by atoms with E-state index in [1.807, 2.05) is 0 Å². The van der Waals surface area contributed by atoms with Crippen LogP contribution in [0.15, 0.2) is 30.4 Å². The van der Waals surface area contributed by atoms with Crippen LogP contribution < -0.4 is 14.8 Å². The normalized spacial score (nSPS) is 28.2. The number of benzene rings is 1. The number of amides is 1. The Bertz CT molecular complexity index is 846. The van der Waals surface area contributed by atoms with E-state index in [-0.39, 0.29) is 30.6 Å². The van der Waals surface area contributed by atoms with Crippen molar-refractivity contribution in [2.75, 3.05) is 6.79 Å². The third-order valence-electron chi connectivity index (χ3n) is 7.37. The monoisotopic (exact) mass is 413 g/mol. The van der Waals surface area contributed by atoms with Gasteiger partial charge in [0.1, 0.15) is 0 Å². The molecule has 4 atom stereocenters. The molecule has 6 nitrogen and oxygen atoms in total. The van der Waals surface area contributed by atoms with Crippen LogP contribution in [0, 0.1) is 23.2 Å². The Labute approximate surface area is 177 Å². The fourth-order valence-electron chi connectivity index (χ4n) is 5.40. The number of rotatable bonds is 8. The fourth-order valence-corrected chi connectivity index (χ4v) is 5.40. The van der Waals surface area contributed by atoms with Gasteiger partial charge in [-0.2, -0.15) is 0 Å². The first-order chi connectivity index (χ1) is 14.4. The number of hydrogen-bond acceptors (Lipinski definition) is 4. The van der Waals surface area contributed by atoms with Gasteiger partial charge in [0, 0.05) is 18.0 Å². The number of carbonyl (C=O) groups excluding carboxylic acids is 1. The van der Waals surface area contributed by atoms with Crippen molar-refractivity contribution in [3.8, 4) is 11.5 Å². The van der Waals surface area contributed by atoms with Crippen molar-refractivity contribution in [2.45, 2.75) is 58.4 Å². The van der Waals surface area contributed by atoms with E-state index in [0.29, 0.717) is 41.2 Å². The Hall–Kier alpha value is -2.50. The number of hydrogen-bond donors (Lipinski definition) is 2. The third-order valence-corrected chi connectivity index (χ3v) is 7.37. The van der Waals surface area contributed by atoms with Crippen molar-refractivity contribution in [3.63, 3.8) is 0 Å². The van der Waals surface area contributed by atoms with Crippen LogP contribution in [-0.4, -0.2) is 29.8 Å². The van der Waals surface area contributed by atoms with E-state index < -0.39 is 5.97 Å². The van der Waals surface area contributed by atoms with Gasteiger partial charge in [-0.25, -0.2) is 0 Å². The van der Waals surface area contributed by atoms with E-state index >= 15 is 0 Å². The molecular weight excluding hydrogens is 382 g/mol. The predicted molar refractivity (Wildman–Crippen MR) is 113 cm³/mol. The zero-order valence-corrected chi connectivity index (χ0v) is 17.7. The highest BCUT2D eigenvalue weighted by Crippen LogP contribution is 2.61. The van der Waals surface area contributed by atoms with Crippen LogP contribution in [0.5, 0.6) is 11.5 Å². The molecule has 162 valence electrons. The molecule has 0 radical (unpaired) electrons. The standard InChI is InChI=1S/C24H31NO5/c1-24(2)17-11-15(7-5-3-4-6-8-21(26)27)22(18(24)13-17)25-23(28)16-9-10-19-20(12-16)30-14-29-19/h3,5,9-10,12,15,17-18,22H,4,6-8,11,13-14H2,1-2H3,(H,25,28)(H,26,27)/b5-3+/t15-,17-,18-,22+/m0/s1. The molecule has 1 aliphatic heterocycles. The van der Waals surface area contributed by atoms with Gasteiger partial charge in [-0.15, -0.1) is 0 Å². The number of nitrogens with one attached hydrogen (secondary N) is 1. The number of carboxylic acid groups (broad SMARTS) is 1. The first kappa shape index (κ1) is 20.8. The quantitative estimate of drug-likeness (QED) is 0.487. The second kappa shape index (κ2) is 8.32. The summed E-state index contributed by atoms with van der Waals surface area (Å²) in [6.45, 7) is 4.84. The Kier molecular flexibility index (Phi) is 5.76. The smallest absolute Gasteiger partial charge is 0.303 e. The Morgan fingerprint density at radius 2 is 2.00 bits per heavy atom. The maximum atomic E-state index is 13.0. The van der Waals surface area contributed by atoms with Gasteiger partial charge >= 0.3 is 5.97 Å². The molecule has 2 bridgehead atoms. The first-order valence-corrected chi connectivity index (χ1v) is 10.9. The minimum Gasteiger partial charge on any atom is -0.481 e. The topological polar surface area (TPSA) is 84.9 Å². The summed E-state index contributed by atoms with van der Waals surface area (Å²) in [5.41, 5.74) is 0.857. The Balaban J connectivity index is 1.40. The fraction of sp³-hybridized carbons (Fsp3) is 0.583. The second-order valence-corrected chi connectivity index (χ2v) is 9.42. The number of carbonyl (C=O) groups is 2. The van der Waals surface area contributed by atoms with Crippen LogP contribution in [0.25, 0.3) is 0 Å². The maximum absolute atomic E-state index is 13.0. The molecule has 30 heavy (non-hydrogen) atoms. The summed E-state index contributed by atoms with van der Waals surface area (Å²) in [4.78, 5) is 23.7. The number of unbranched alkanes of at least 4 members (excludes halogenated alkanes) is 1. The average Bonchev–Trinajstić information content (AvgIpc) is 3.18. The van der Waals surface area contributed by atoms with Crippen LogP contribution in [0.1, 0.15) is 62.7 Å². The molecule has 2 N–H and O–H groups in total. The highest BCUT2D eigenvalue weighted by Gasteiger charge is 2.57. The van der Waals surface area contributed by atoms with Crippen LogP contribution in [0.2, 0.25) is 0 Å². The van der Waals surface area contributed by atoms with Gasteiger partial charge in [0.2, 0.25) is 6.79 Å². The van der Waals surface area contributed by atoms with Crippen LogP contribution in [0.4, 0.5) is 0 Å². The van der Waals surface area contributed by atoms with E-state index in [2.05, 4.69) is 31.3 Å². The van der Waals surface area contributed by atoms with Crippen molar-refractivity contribution in [1.82, 2.24) is 5.32 Å². The molecule has 0 spiro atoms. The van der Waals surface area contributed by atoms with Crippen LogP contribution >= 0.6 is 0 Å². The van der Waals surface area contributed by atoms with Crippen molar-refractivity contribution >= 4 is 11.9 Å². The molecule has 3 fully saturated rings. The molecule has 1 amide bonds. The molecular formula is C24H31NO5. The molecule has 0 aromatic heterocycles. The second-order valence-electron chi connectivity index (χ2n) is 9.42. The SMILES string of the molecule is CC1(C)[C@H]2C[C@H](C/C=C/CCCC(=O)O)[C@@H](NC(=O)c3ccc4c(c3)OCO4)[C@@H]1C2. The molecule has 0 unspecified atom stereocenters. The van der Waals surface area contributed by atoms with Crippen LogP contribution in [0.3, 0.4) is 0 Å². The largest absolute Gasteiger partial charge is 0.481 e. The average molecular weight is 414 g/mol. The molecule has 4 aliphatic rings. The highest BCUT2D eigenvalue weighted by molar-refractivity contribution is 5.95. The number of allylic oxidation sites excluding steroid dienone is 2. The Morgan fingerprint density at radius 3 is 2.77 bits per heavy atom. The molecule has 3 saturated carbocycles. The Morgan fingerprint density at radius 1 is 1.20 bits per heavy atom. The third kappa shape index (κ3) is 4.05. The van der Waals surface area contributed by atoms with Gasteiger partial charge in [0.25, 0.3) is 5.91 Å². The lowest BCUT2D eigenvalue weighted by Crippen LogP contribution is -2.63. The summed E-state index contributed by atoms with van der Waals surface area (Å²) in [7, 11) is 0. The lowest BCUT2D eigenvalue weighted by Gasteiger charge is -2.62. The minimum absolute atomic E-state index is 0.0603. The summed E-state index contributed by atoms with van der Waals surface area (Å²) in [5, 5.41) is 12.1. The van der Waals surface area contributed by atoms with E-state index in [1.165, 1.54) is 6.42 Å². The van der Waals surface area contributed by atoms with Gasteiger partial charge in [-0.1, -0.05) is 26.0 Å².